The van der Waals surface area contributed by atoms with Crippen molar-refractivity contribution in [2.75, 3.05) is 20.0 Å². The van der Waals surface area contributed by atoms with Crippen LogP contribution in [-0.2, 0) is 0 Å². The normalized spacial score (nSPS) is 9.94. The third-order valence-electron chi connectivity index (χ3n) is 2.46. The summed E-state index contributed by atoms with van der Waals surface area (Å²) in [7, 11) is 3.10. The molecule has 0 aliphatic heterocycles. The number of pyridine rings is 1. The molecule has 2 N–H and O–H groups in total. The molecule has 0 amide bonds. The number of nitrogen functional groups attached to an aromatic ring is 1. The molecule has 86 valence electrons. The van der Waals surface area contributed by atoms with Gasteiger partial charge in [-0.3, -0.25) is 0 Å². The molecule has 0 bridgehead atoms. The van der Waals surface area contributed by atoms with Gasteiger partial charge in [0.1, 0.15) is 11.8 Å². The number of nitrogens with two attached hydrogens (primary N) is 1. The number of nitriles is 1. The van der Waals surface area contributed by atoms with Crippen molar-refractivity contribution < 1.29 is 9.47 Å². The zero-order valence-electron chi connectivity index (χ0n) is 9.52. The molecule has 0 atom stereocenters. The van der Waals surface area contributed by atoms with E-state index in [1.807, 2.05) is 6.07 Å². The van der Waals surface area contributed by atoms with E-state index in [4.69, 9.17) is 20.5 Å². The average Bonchev–Trinajstić information content (AvgIpc) is 2.36. The molecule has 1 aromatic carbocycles. The smallest absolute Gasteiger partial charge is 0.162 e. The molecule has 17 heavy (non-hydrogen) atoms. The molecule has 0 fully saturated rings. The maximum absolute atomic E-state index is 8.82. The summed E-state index contributed by atoms with van der Waals surface area (Å²) in [4.78, 5) is 4.16. The van der Waals surface area contributed by atoms with Gasteiger partial charge < -0.3 is 15.2 Å². The highest BCUT2D eigenvalue weighted by molar-refractivity contribution is 5.93. The summed E-state index contributed by atoms with van der Waals surface area (Å²) in [5, 5.41) is 9.56. The molecule has 2 rings (SSSR count). The van der Waals surface area contributed by atoms with E-state index in [0.717, 1.165) is 5.39 Å². The van der Waals surface area contributed by atoms with Crippen LogP contribution in [0.3, 0.4) is 0 Å². The Kier molecular flexibility index (Phi) is 2.71. The Hall–Kier alpha value is -2.48. The Labute approximate surface area is 98.4 Å². The van der Waals surface area contributed by atoms with Crippen molar-refractivity contribution in [2.24, 2.45) is 0 Å². The van der Waals surface area contributed by atoms with Crippen LogP contribution < -0.4 is 15.2 Å². The molecule has 0 unspecified atom stereocenters. The lowest BCUT2D eigenvalue weighted by Gasteiger charge is -2.10. The highest BCUT2D eigenvalue weighted by Crippen LogP contribution is 2.33. The van der Waals surface area contributed by atoms with Gasteiger partial charge in [0, 0.05) is 17.1 Å². The minimum atomic E-state index is 0.280. The monoisotopic (exact) mass is 229 g/mol. The van der Waals surface area contributed by atoms with Gasteiger partial charge in [-0.1, -0.05) is 0 Å². The van der Waals surface area contributed by atoms with Crippen molar-refractivity contribution in [3.8, 4) is 17.6 Å². The number of fused-ring (bicyclic) bond motifs is 1. The van der Waals surface area contributed by atoms with Gasteiger partial charge in [0.05, 0.1) is 19.7 Å². The third-order valence-corrected chi connectivity index (χ3v) is 2.46. The van der Waals surface area contributed by atoms with Gasteiger partial charge in [-0.25, -0.2) is 4.98 Å². The van der Waals surface area contributed by atoms with E-state index >= 15 is 0 Å². The molecule has 0 aliphatic carbocycles. The minimum absolute atomic E-state index is 0.280. The van der Waals surface area contributed by atoms with E-state index in [1.165, 1.54) is 6.07 Å². The molecule has 2 aromatic rings. The third kappa shape index (κ3) is 1.81. The summed E-state index contributed by atoms with van der Waals surface area (Å²) in [6.07, 6.45) is 0. The number of rotatable bonds is 2. The summed E-state index contributed by atoms with van der Waals surface area (Å²) in [6.45, 7) is 0. The van der Waals surface area contributed by atoms with Crippen LogP contribution in [0.5, 0.6) is 11.5 Å². The number of methoxy groups -OCH3 is 2. The van der Waals surface area contributed by atoms with E-state index < -0.39 is 0 Å². The standard InChI is InChI=1S/C12H11N3O2/c1-16-11-4-8-9(14)3-7(6-13)15-10(8)5-12(11)17-2/h3-5H,1-2H3,(H2,14,15). The van der Waals surface area contributed by atoms with Crippen molar-refractivity contribution in [3.05, 3.63) is 23.9 Å². The molecule has 1 heterocycles. The van der Waals surface area contributed by atoms with Gasteiger partial charge in [-0.15, -0.1) is 0 Å². The van der Waals surface area contributed by atoms with E-state index in [0.29, 0.717) is 22.7 Å². The topological polar surface area (TPSA) is 81.2 Å². The first-order valence-electron chi connectivity index (χ1n) is 4.92. The average molecular weight is 229 g/mol. The molecule has 0 radical (unpaired) electrons. The minimum Gasteiger partial charge on any atom is -0.493 e. The Morgan fingerprint density at radius 1 is 1.18 bits per heavy atom. The summed E-state index contributed by atoms with van der Waals surface area (Å²) in [6, 6.07) is 6.95. The SMILES string of the molecule is COc1cc2nc(C#N)cc(N)c2cc1OC. The lowest BCUT2D eigenvalue weighted by molar-refractivity contribution is 0.356. The number of nitrogens with zero attached hydrogens (tertiary/aromatic N) is 2. The number of benzene rings is 1. The Morgan fingerprint density at radius 3 is 2.41 bits per heavy atom. The Morgan fingerprint density at radius 2 is 1.82 bits per heavy atom. The van der Waals surface area contributed by atoms with Crippen molar-refractivity contribution >= 4 is 16.6 Å². The zero-order chi connectivity index (χ0) is 12.4. The number of anilines is 1. The number of hydrogen-bond acceptors (Lipinski definition) is 5. The molecule has 0 saturated heterocycles. The Bertz CT molecular complexity index is 617. The zero-order valence-corrected chi connectivity index (χ0v) is 9.52. The van der Waals surface area contributed by atoms with Gasteiger partial charge in [-0.05, 0) is 12.1 Å². The largest absolute Gasteiger partial charge is 0.493 e. The van der Waals surface area contributed by atoms with Gasteiger partial charge in [0.15, 0.2) is 11.5 Å². The van der Waals surface area contributed by atoms with Crippen molar-refractivity contribution in [3.63, 3.8) is 0 Å². The highest BCUT2D eigenvalue weighted by atomic mass is 16.5. The van der Waals surface area contributed by atoms with E-state index in [-0.39, 0.29) is 5.69 Å². The van der Waals surface area contributed by atoms with Crippen LogP contribution in [0.15, 0.2) is 18.2 Å². The van der Waals surface area contributed by atoms with Crippen LogP contribution in [0.4, 0.5) is 5.69 Å². The lowest BCUT2D eigenvalue weighted by Crippen LogP contribution is -1.96. The number of ether oxygens (including phenoxy) is 2. The first kappa shape index (κ1) is 11.0. The molecule has 1 aromatic heterocycles. The predicted molar refractivity (Wildman–Crippen MR) is 64.0 cm³/mol. The first-order chi connectivity index (χ1) is 8.19. The lowest BCUT2D eigenvalue weighted by atomic mass is 10.1. The van der Waals surface area contributed by atoms with Crippen molar-refractivity contribution in [2.45, 2.75) is 0 Å². The van der Waals surface area contributed by atoms with Gasteiger partial charge in [0.25, 0.3) is 0 Å². The number of hydrogen-bond donors (Lipinski definition) is 1. The van der Waals surface area contributed by atoms with E-state index in [2.05, 4.69) is 4.98 Å². The molecular weight excluding hydrogens is 218 g/mol. The molecule has 5 nitrogen and oxygen atoms in total. The second-order valence-corrected chi connectivity index (χ2v) is 3.43. The summed E-state index contributed by atoms with van der Waals surface area (Å²) >= 11 is 0. The summed E-state index contributed by atoms with van der Waals surface area (Å²) in [5.74, 6) is 1.14. The second-order valence-electron chi connectivity index (χ2n) is 3.43. The van der Waals surface area contributed by atoms with Crippen LogP contribution in [-0.4, -0.2) is 19.2 Å². The highest BCUT2D eigenvalue weighted by Gasteiger charge is 2.10. The van der Waals surface area contributed by atoms with Crippen LogP contribution >= 0.6 is 0 Å². The Balaban J connectivity index is 2.79. The summed E-state index contributed by atoms with van der Waals surface area (Å²) in [5.41, 5.74) is 7.24. The van der Waals surface area contributed by atoms with E-state index in [1.54, 1.807) is 26.4 Å². The molecule has 0 spiro atoms. The number of aromatic nitrogens is 1. The van der Waals surface area contributed by atoms with Crippen molar-refractivity contribution in [1.82, 2.24) is 4.98 Å². The van der Waals surface area contributed by atoms with Gasteiger partial charge in [-0.2, -0.15) is 5.26 Å². The van der Waals surface area contributed by atoms with Crippen LogP contribution in [0.1, 0.15) is 5.69 Å². The molecule has 0 aliphatic rings. The fourth-order valence-corrected chi connectivity index (χ4v) is 1.64. The fraction of sp³-hybridized carbons (Fsp3) is 0.167. The van der Waals surface area contributed by atoms with Crippen LogP contribution in [0, 0.1) is 11.3 Å². The molecule has 0 saturated carbocycles. The first-order valence-corrected chi connectivity index (χ1v) is 4.92. The predicted octanol–water partition coefficient (Wildman–Crippen LogP) is 1.71. The van der Waals surface area contributed by atoms with Crippen molar-refractivity contribution in [1.29, 1.82) is 5.26 Å². The quantitative estimate of drug-likeness (QED) is 0.847. The summed E-state index contributed by atoms with van der Waals surface area (Å²) < 4.78 is 10.4. The fourth-order valence-electron chi connectivity index (χ4n) is 1.64. The van der Waals surface area contributed by atoms with Gasteiger partial charge >= 0.3 is 0 Å². The molecule has 5 heteroatoms. The van der Waals surface area contributed by atoms with Crippen LogP contribution in [0.25, 0.3) is 10.9 Å². The maximum atomic E-state index is 8.82. The molecular formula is C12H11N3O2. The van der Waals surface area contributed by atoms with E-state index in [9.17, 15) is 0 Å². The maximum Gasteiger partial charge on any atom is 0.162 e. The van der Waals surface area contributed by atoms with Gasteiger partial charge in [0.2, 0.25) is 0 Å². The van der Waals surface area contributed by atoms with Crippen LogP contribution in [0.2, 0.25) is 0 Å². The second kappa shape index (κ2) is 4.18.